The number of rotatable bonds is 2. The SMILES string of the molecule is NN(C(=O)c1ccc(Br)cc1)C(=O)c1cccnc1. The first-order valence-electron chi connectivity index (χ1n) is 5.38. The maximum Gasteiger partial charge on any atom is 0.276 e. The van der Waals surface area contributed by atoms with Crippen LogP contribution >= 0.6 is 15.9 Å². The molecule has 0 aliphatic heterocycles. The summed E-state index contributed by atoms with van der Waals surface area (Å²) in [4.78, 5) is 27.8. The van der Waals surface area contributed by atoms with Crippen LogP contribution in [0.1, 0.15) is 20.7 Å². The second-order valence-corrected chi connectivity index (χ2v) is 4.64. The summed E-state index contributed by atoms with van der Waals surface area (Å²) in [7, 11) is 0. The summed E-state index contributed by atoms with van der Waals surface area (Å²) in [6, 6.07) is 9.73. The van der Waals surface area contributed by atoms with Crippen LogP contribution in [0.4, 0.5) is 0 Å². The Hall–Kier alpha value is -2.05. The molecule has 0 atom stereocenters. The van der Waals surface area contributed by atoms with Gasteiger partial charge in [-0.25, -0.2) is 10.9 Å². The number of hydrogen-bond donors (Lipinski definition) is 1. The molecule has 19 heavy (non-hydrogen) atoms. The molecule has 1 heterocycles. The number of hydrazine groups is 1. The van der Waals surface area contributed by atoms with Crippen molar-refractivity contribution >= 4 is 27.7 Å². The summed E-state index contributed by atoms with van der Waals surface area (Å²) >= 11 is 3.27. The van der Waals surface area contributed by atoms with E-state index in [0.29, 0.717) is 10.6 Å². The molecule has 0 bridgehead atoms. The zero-order chi connectivity index (χ0) is 13.8. The molecule has 0 spiro atoms. The van der Waals surface area contributed by atoms with Gasteiger partial charge in [0.25, 0.3) is 11.8 Å². The first-order valence-corrected chi connectivity index (χ1v) is 6.18. The van der Waals surface area contributed by atoms with Gasteiger partial charge in [-0.15, -0.1) is 0 Å². The van der Waals surface area contributed by atoms with E-state index in [2.05, 4.69) is 20.9 Å². The van der Waals surface area contributed by atoms with Crippen molar-refractivity contribution in [2.75, 3.05) is 0 Å². The second-order valence-electron chi connectivity index (χ2n) is 3.73. The van der Waals surface area contributed by atoms with E-state index in [1.165, 1.54) is 12.4 Å². The van der Waals surface area contributed by atoms with Crippen molar-refractivity contribution < 1.29 is 9.59 Å². The first kappa shape index (κ1) is 13.4. The molecule has 0 unspecified atom stereocenters. The van der Waals surface area contributed by atoms with Crippen molar-refractivity contribution in [1.82, 2.24) is 9.99 Å². The quantitative estimate of drug-likeness (QED) is 0.397. The van der Waals surface area contributed by atoms with Gasteiger partial charge >= 0.3 is 0 Å². The van der Waals surface area contributed by atoms with Crippen LogP contribution in [0.5, 0.6) is 0 Å². The highest BCUT2D eigenvalue weighted by atomic mass is 79.9. The molecule has 0 saturated heterocycles. The third-order valence-electron chi connectivity index (χ3n) is 2.44. The number of benzene rings is 1. The zero-order valence-corrected chi connectivity index (χ0v) is 11.4. The maximum atomic E-state index is 12.0. The van der Waals surface area contributed by atoms with Crippen LogP contribution in [0.25, 0.3) is 0 Å². The molecule has 1 aromatic heterocycles. The lowest BCUT2D eigenvalue weighted by Crippen LogP contribution is -2.42. The Morgan fingerprint density at radius 1 is 1.05 bits per heavy atom. The number of hydrogen-bond acceptors (Lipinski definition) is 4. The van der Waals surface area contributed by atoms with Crippen LogP contribution < -0.4 is 5.84 Å². The average molecular weight is 320 g/mol. The minimum absolute atomic E-state index is 0.260. The molecule has 5 nitrogen and oxygen atoms in total. The molecule has 2 N–H and O–H groups in total. The minimum Gasteiger partial charge on any atom is -0.267 e. The molecular weight excluding hydrogens is 310 g/mol. The second kappa shape index (κ2) is 5.73. The third-order valence-corrected chi connectivity index (χ3v) is 2.97. The molecule has 0 radical (unpaired) electrons. The van der Waals surface area contributed by atoms with E-state index in [1.807, 2.05) is 0 Å². The third kappa shape index (κ3) is 3.04. The number of pyridine rings is 1. The van der Waals surface area contributed by atoms with E-state index in [9.17, 15) is 9.59 Å². The summed E-state index contributed by atoms with van der Waals surface area (Å²) in [5, 5.41) is 0.584. The number of nitrogens with two attached hydrogens (primary N) is 1. The molecular formula is C13H10BrN3O2. The fraction of sp³-hybridized carbons (Fsp3) is 0. The Morgan fingerprint density at radius 2 is 1.68 bits per heavy atom. The van der Waals surface area contributed by atoms with E-state index in [1.54, 1.807) is 36.4 Å². The summed E-state index contributed by atoms with van der Waals surface area (Å²) in [6.07, 6.45) is 2.89. The monoisotopic (exact) mass is 319 g/mol. The van der Waals surface area contributed by atoms with Gasteiger partial charge in [0.1, 0.15) is 0 Å². The normalized spacial score (nSPS) is 10.0. The van der Waals surface area contributed by atoms with Crippen molar-refractivity contribution in [1.29, 1.82) is 0 Å². The number of nitrogens with zero attached hydrogens (tertiary/aromatic N) is 2. The van der Waals surface area contributed by atoms with Gasteiger partial charge in [-0.1, -0.05) is 15.9 Å². The van der Waals surface area contributed by atoms with Crippen molar-refractivity contribution in [2.24, 2.45) is 5.84 Å². The summed E-state index contributed by atoms with van der Waals surface area (Å²) in [5.74, 6) is 4.39. The van der Waals surface area contributed by atoms with Gasteiger partial charge in [-0.2, -0.15) is 0 Å². The topological polar surface area (TPSA) is 76.3 Å². The van der Waals surface area contributed by atoms with Gasteiger partial charge in [0.05, 0.1) is 5.56 Å². The number of carbonyl (C=O) groups is 2. The maximum absolute atomic E-state index is 12.0. The van der Waals surface area contributed by atoms with Crippen LogP contribution in [-0.2, 0) is 0 Å². The largest absolute Gasteiger partial charge is 0.276 e. The van der Waals surface area contributed by atoms with Crippen molar-refractivity contribution in [3.63, 3.8) is 0 Å². The smallest absolute Gasteiger partial charge is 0.267 e. The summed E-state index contributed by atoms with van der Waals surface area (Å²) in [6.45, 7) is 0. The van der Waals surface area contributed by atoms with Gasteiger partial charge in [-0.05, 0) is 36.4 Å². The van der Waals surface area contributed by atoms with E-state index < -0.39 is 11.8 Å². The molecule has 96 valence electrons. The number of aromatic nitrogens is 1. The summed E-state index contributed by atoms with van der Waals surface area (Å²) < 4.78 is 0.839. The fourth-order valence-corrected chi connectivity index (χ4v) is 1.72. The fourth-order valence-electron chi connectivity index (χ4n) is 1.45. The molecule has 0 fully saturated rings. The molecule has 0 aliphatic carbocycles. The molecule has 0 aliphatic rings. The number of imide groups is 1. The van der Waals surface area contributed by atoms with Crippen LogP contribution in [0.2, 0.25) is 0 Å². The van der Waals surface area contributed by atoms with Gasteiger partial charge in [-0.3, -0.25) is 14.6 Å². The average Bonchev–Trinajstić information content (AvgIpc) is 2.46. The molecule has 2 aromatic rings. The molecule has 0 saturated carbocycles. The number of halogens is 1. The molecule has 2 amide bonds. The first-order chi connectivity index (χ1) is 9.09. The molecule has 2 rings (SSSR count). The van der Waals surface area contributed by atoms with E-state index >= 15 is 0 Å². The van der Waals surface area contributed by atoms with Gasteiger partial charge in [0.2, 0.25) is 0 Å². The van der Waals surface area contributed by atoms with E-state index in [0.717, 1.165) is 4.47 Å². The lowest BCUT2D eigenvalue weighted by molar-refractivity contribution is 0.0615. The predicted molar refractivity (Wildman–Crippen MR) is 73.1 cm³/mol. The van der Waals surface area contributed by atoms with E-state index in [-0.39, 0.29) is 5.56 Å². The highest BCUT2D eigenvalue weighted by molar-refractivity contribution is 9.10. The number of amides is 2. The lowest BCUT2D eigenvalue weighted by Gasteiger charge is -2.14. The standard InChI is InChI=1S/C13H10BrN3O2/c14-11-5-3-9(4-6-11)12(18)17(15)13(19)10-2-1-7-16-8-10/h1-8H,15H2. The molecule has 1 aromatic carbocycles. The van der Waals surface area contributed by atoms with Crippen molar-refractivity contribution in [2.45, 2.75) is 0 Å². The van der Waals surface area contributed by atoms with Gasteiger partial charge < -0.3 is 0 Å². The highest BCUT2D eigenvalue weighted by Gasteiger charge is 2.20. The predicted octanol–water partition coefficient (Wildman–Crippen LogP) is 2.00. The molecule has 6 heteroatoms. The van der Waals surface area contributed by atoms with E-state index in [4.69, 9.17) is 5.84 Å². The number of carbonyl (C=O) groups excluding carboxylic acids is 2. The lowest BCUT2D eigenvalue weighted by atomic mass is 10.2. The Bertz CT molecular complexity index is 599. The Morgan fingerprint density at radius 3 is 2.26 bits per heavy atom. The summed E-state index contributed by atoms with van der Waals surface area (Å²) in [5.41, 5.74) is 0.596. The highest BCUT2D eigenvalue weighted by Crippen LogP contribution is 2.12. The van der Waals surface area contributed by atoms with Crippen LogP contribution in [0.3, 0.4) is 0 Å². The minimum atomic E-state index is -0.596. The van der Waals surface area contributed by atoms with Crippen LogP contribution in [0, 0.1) is 0 Å². The van der Waals surface area contributed by atoms with Crippen LogP contribution in [0.15, 0.2) is 53.3 Å². The Kier molecular flexibility index (Phi) is 4.03. The van der Waals surface area contributed by atoms with Crippen molar-refractivity contribution in [3.05, 3.63) is 64.4 Å². The van der Waals surface area contributed by atoms with Gasteiger partial charge in [0, 0.05) is 22.4 Å². The van der Waals surface area contributed by atoms with Crippen molar-refractivity contribution in [3.8, 4) is 0 Å². The Balaban J connectivity index is 2.20. The Labute approximate surface area is 118 Å². The van der Waals surface area contributed by atoms with Gasteiger partial charge in [0.15, 0.2) is 0 Å². The zero-order valence-electron chi connectivity index (χ0n) is 9.79. The van der Waals surface area contributed by atoms with Crippen LogP contribution in [-0.4, -0.2) is 21.8 Å².